The minimum Gasteiger partial charge on any atom is -1.00 e. The van der Waals surface area contributed by atoms with Gasteiger partial charge in [0.25, 0.3) is 0 Å². The average molecular weight is 620 g/mol. The summed E-state index contributed by atoms with van der Waals surface area (Å²) in [7, 11) is 6.37. The van der Waals surface area contributed by atoms with E-state index in [2.05, 4.69) is 55.8 Å². The molecule has 3 N–H and O–H groups in total. The minimum atomic E-state index is -1.22. The molecule has 4 nitrogen and oxygen atoms in total. The molecule has 36 heavy (non-hydrogen) atoms. The van der Waals surface area contributed by atoms with Gasteiger partial charge in [-0.15, -0.1) is 0 Å². The molecular weight excluding hydrogens is 561 g/mol. The van der Waals surface area contributed by atoms with Crippen molar-refractivity contribution in [2.24, 2.45) is 46.3 Å². The number of fused-ring (bicyclic) bond motifs is 5. The maximum absolute atomic E-state index is 12.5. The molecule has 0 aliphatic heterocycles. The predicted molar refractivity (Wildman–Crippen MR) is 144 cm³/mol. The van der Waals surface area contributed by atoms with Gasteiger partial charge >= 0.3 is 0 Å². The van der Waals surface area contributed by atoms with Crippen LogP contribution in [0.4, 0.5) is 0 Å². The van der Waals surface area contributed by atoms with E-state index in [0.29, 0.717) is 47.0 Å². The van der Waals surface area contributed by atoms with Gasteiger partial charge in [-0.1, -0.05) is 53.9 Å². The standard InChI is InChI=1S/C31H58NO3.HI/c1-21(2)10-9-11-22(3)25-12-13-26-24-19-30(34,20-32(6,7)8)31(35)18-23(33)14-17-29(31,5)27(24)15-16-28(25,26)4;/h21-27,33-35H,9-20H2,1-8H3;1H/q+1;/p-1/t22-,23+,24+,25-,26+,27+,28-,29-,30+,31-;/m1./s1. The first kappa shape index (κ1) is 31.1. The zero-order valence-corrected chi connectivity index (χ0v) is 26.9. The quantitative estimate of drug-likeness (QED) is 0.304. The van der Waals surface area contributed by atoms with Crippen LogP contribution < -0.4 is 24.0 Å². The second-order valence-corrected chi connectivity index (χ2v) is 15.8. The third-order valence-corrected chi connectivity index (χ3v) is 12.0. The number of likely N-dealkylation sites (N-methyl/N-ethyl adjacent to an activating group) is 1. The van der Waals surface area contributed by atoms with E-state index < -0.39 is 17.3 Å². The number of aliphatic hydroxyl groups is 3. The Morgan fingerprint density at radius 3 is 2.14 bits per heavy atom. The van der Waals surface area contributed by atoms with Crippen molar-refractivity contribution >= 4 is 0 Å². The third kappa shape index (κ3) is 5.08. The lowest BCUT2D eigenvalue weighted by Crippen LogP contribution is -3.00. The van der Waals surface area contributed by atoms with Gasteiger partial charge in [0.15, 0.2) is 0 Å². The van der Waals surface area contributed by atoms with E-state index in [9.17, 15) is 15.3 Å². The number of hydrogen-bond donors (Lipinski definition) is 3. The molecule has 4 fully saturated rings. The molecule has 0 aromatic rings. The summed E-state index contributed by atoms with van der Waals surface area (Å²) in [6, 6.07) is 0. The van der Waals surface area contributed by atoms with Gasteiger partial charge in [-0.05, 0) is 85.9 Å². The molecule has 0 amide bonds. The largest absolute Gasteiger partial charge is 1.00 e. The summed E-state index contributed by atoms with van der Waals surface area (Å²) in [6.45, 7) is 12.6. The van der Waals surface area contributed by atoms with Gasteiger partial charge in [0.2, 0.25) is 0 Å². The van der Waals surface area contributed by atoms with Crippen LogP contribution >= 0.6 is 0 Å². The molecule has 0 bridgehead atoms. The lowest BCUT2D eigenvalue weighted by molar-refractivity contribution is -0.879. The van der Waals surface area contributed by atoms with Crippen LogP contribution in [0.2, 0.25) is 0 Å². The smallest absolute Gasteiger partial charge is 0.143 e. The van der Waals surface area contributed by atoms with Crippen LogP contribution in [0, 0.1) is 46.3 Å². The Hall–Kier alpha value is 0.570. The monoisotopic (exact) mass is 619 g/mol. The van der Waals surface area contributed by atoms with Gasteiger partial charge in [-0.3, -0.25) is 0 Å². The third-order valence-electron chi connectivity index (χ3n) is 12.0. The van der Waals surface area contributed by atoms with E-state index in [0.717, 1.165) is 30.6 Å². The molecule has 4 aliphatic carbocycles. The summed E-state index contributed by atoms with van der Waals surface area (Å²) in [5, 5.41) is 35.5. The summed E-state index contributed by atoms with van der Waals surface area (Å²) in [5.74, 6) is 3.91. The van der Waals surface area contributed by atoms with Crippen LogP contribution in [0.1, 0.15) is 105 Å². The van der Waals surface area contributed by atoms with Crippen molar-refractivity contribution in [1.29, 1.82) is 0 Å². The first-order valence-electron chi connectivity index (χ1n) is 15.0. The topological polar surface area (TPSA) is 60.7 Å². The van der Waals surface area contributed by atoms with Gasteiger partial charge < -0.3 is 43.8 Å². The van der Waals surface area contributed by atoms with E-state index in [1.807, 2.05) is 0 Å². The Morgan fingerprint density at radius 2 is 1.53 bits per heavy atom. The molecule has 0 aromatic carbocycles. The Morgan fingerprint density at radius 1 is 0.861 bits per heavy atom. The summed E-state index contributed by atoms with van der Waals surface area (Å²) in [5.41, 5.74) is -2.36. The normalized spacial score (nSPS) is 47.5. The number of quaternary nitrogens is 1. The van der Waals surface area contributed by atoms with Crippen LogP contribution in [0.5, 0.6) is 0 Å². The summed E-state index contributed by atoms with van der Waals surface area (Å²) in [6.07, 6.45) is 11.2. The van der Waals surface area contributed by atoms with Crippen LogP contribution in [0.25, 0.3) is 0 Å². The lowest BCUT2D eigenvalue weighted by atomic mass is 9.39. The van der Waals surface area contributed by atoms with Crippen molar-refractivity contribution in [3.8, 4) is 0 Å². The van der Waals surface area contributed by atoms with Crippen molar-refractivity contribution in [3.63, 3.8) is 0 Å². The second-order valence-electron chi connectivity index (χ2n) is 15.8. The highest BCUT2D eigenvalue weighted by Crippen LogP contribution is 2.71. The number of hydrogen-bond acceptors (Lipinski definition) is 3. The highest BCUT2D eigenvalue weighted by Gasteiger charge is 2.73. The number of rotatable bonds is 7. The molecular formula is C31H58INO3. The minimum absolute atomic E-state index is 0. The van der Waals surface area contributed by atoms with E-state index in [1.54, 1.807) is 0 Å². The van der Waals surface area contributed by atoms with Gasteiger partial charge in [0.05, 0.1) is 27.2 Å². The van der Waals surface area contributed by atoms with Crippen molar-refractivity contribution in [3.05, 3.63) is 0 Å². The number of halogens is 1. The molecule has 4 rings (SSSR count). The van der Waals surface area contributed by atoms with E-state index in [4.69, 9.17) is 0 Å². The Kier molecular flexibility index (Phi) is 9.09. The summed E-state index contributed by atoms with van der Waals surface area (Å²) < 4.78 is 0.625. The summed E-state index contributed by atoms with van der Waals surface area (Å²) in [4.78, 5) is 0. The molecule has 0 heterocycles. The number of aliphatic hydroxyl groups excluding tert-OH is 1. The molecule has 4 saturated carbocycles. The van der Waals surface area contributed by atoms with Crippen molar-refractivity contribution in [2.75, 3.05) is 27.7 Å². The molecule has 0 unspecified atom stereocenters. The van der Waals surface area contributed by atoms with Crippen LogP contribution in [0.3, 0.4) is 0 Å². The maximum Gasteiger partial charge on any atom is 0.143 e. The molecule has 0 aromatic heterocycles. The highest BCUT2D eigenvalue weighted by atomic mass is 127. The average Bonchev–Trinajstić information content (AvgIpc) is 3.06. The maximum atomic E-state index is 12.5. The van der Waals surface area contributed by atoms with E-state index in [1.165, 1.54) is 44.9 Å². The molecule has 0 spiro atoms. The Balaban J connectivity index is 0.00000361. The predicted octanol–water partition coefficient (Wildman–Crippen LogP) is 2.63. The van der Waals surface area contributed by atoms with Crippen molar-refractivity contribution in [1.82, 2.24) is 0 Å². The SMILES string of the molecule is CC(C)CCC[C@@H](C)[C@H]1CC[C@H]2[C@@H]3C[C@](O)(C[N+](C)(C)C)[C@@]4(O)C[C@@H](O)CC[C@]4(C)[C@H]3CC[C@]12C.[I-]. The Bertz CT molecular complexity index is 769. The summed E-state index contributed by atoms with van der Waals surface area (Å²) >= 11 is 0. The number of nitrogens with zero attached hydrogens (tertiary/aromatic N) is 1. The fraction of sp³-hybridized carbons (Fsp3) is 1.00. The second kappa shape index (κ2) is 10.5. The fourth-order valence-electron chi connectivity index (χ4n) is 10.5. The first-order chi connectivity index (χ1) is 16.1. The van der Waals surface area contributed by atoms with Crippen molar-refractivity contribution < 1.29 is 43.8 Å². The molecule has 5 heteroatoms. The van der Waals surface area contributed by atoms with Gasteiger partial charge in [0, 0.05) is 11.8 Å². The van der Waals surface area contributed by atoms with Crippen LogP contribution in [-0.4, -0.2) is 64.8 Å². The molecule has 4 aliphatic rings. The van der Waals surface area contributed by atoms with E-state index >= 15 is 0 Å². The molecule has 212 valence electrons. The lowest BCUT2D eigenvalue weighted by Gasteiger charge is -2.68. The highest BCUT2D eigenvalue weighted by molar-refractivity contribution is 5.22. The van der Waals surface area contributed by atoms with Crippen molar-refractivity contribution in [2.45, 2.75) is 123 Å². The Labute approximate surface area is 239 Å². The zero-order chi connectivity index (χ0) is 26.0. The van der Waals surface area contributed by atoms with Crippen LogP contribution in [-0.2, 0) is 0 Å². The fourth-order valence-corrected chi connectivity index (χ4v) is 10.5. The van der Waals surface area contributed by atoms with Gasteiger partial charge in [-0.25, -0.2) is 0 Å². The van der Waals surface area contributed by atoms with Gasteiger partial charge in [0.1, 0.15) is 17.7 Å². The molecule has 0 radical (unpaired) electrons. The van der Waals surface area contributed by atoms with E-state index in [-0.39, 0.29) is 29.4 Å². The first-order valence-corrected chi connectivity index (χ1v) is 15.0. The molecule has 10 atom stereocenters. The van der Waals surface area contributed by atoms with Gasteiger partial charge in [-0.2, -0.15) is 0 Å². The molecule has 0 saturated heterocycles. The van der Waals surface area contributed by atoms with Crippen LogP contribution in [0.15, 0.2) is 0 Å². The zero-order valence-electron chi connectivity index (χ0n) is 24.7.